The summed E-state index contributed by atoms with van der Waals surface area (Å²) in [4.78, 5) is 32.7. The van der Waals surface area contributed by atoms with Gasteiger partial charge >= 0.3 is 0 Å². The number of fused-ring (bicyclic) bond motifs is 2. The van der Waals surface area contributed by atoms with Crippen LogP contribution < -0.4 is 4.90 Å². The average molecular weight is 485 g/mol. The number of benzene rings is 3. The number of carbonyl (C=O) groups excluding carboxylic acids is 2. The lowest BCUT2D eigenvalue weighted by Gasteiger charge is -2.24. The number of anilines is 1. The molecule has 8 heteroatoms. The molecule has 3 aromatic carbocycles. The van der Waals surface area contributed by atoms with Gasteiger partial charge in [-0.15, -0.1) is 0 Å². The third kappa shape index (κ3) is 3.33. The number of nitrogens with zero attached hydrogens (tertiary/aromatic N) is 2. The number of carbonyl (C=O) groups is 2. The van der Waals surface area contributed by atoms with Gasteiger partial charge in [0.15, 0.2) is 16.7 Å². The number of aromatic nitrogens is 1. The molecule has 0 unspecified atom stereocenters. The molecule has 5 aromatic rings. The quantitative estimate of drug-likeness (QED) is 0.304. The highest BCUT2D eigenvalue weighted by atomic mass is 32.1. The van der Waals surface area contributed by atoms with Crippen LogP contribution >= 0.6 is 11.3 Å². The monoisotopic (exact) mass is 484 g/mol. The molecule has 1 atom stereocenters. The second-order valence-electron chi connectivity index (χ2n) is 8.31. The summed E-state index contributed by atoms with van der Waals surface area (Å²) in [5, 5.41) is 11.9. The Kier molecular flexibility index (Phi) is 4.79. The Balaban J connectivity index is 1.53. The van der Waals surface area contributed by atoms with Gasteiger partial charge in [0.2, 0.25) is 5.78 Å². The Labute approximate surface area is 202 Å². The van der Waals surface area contributed by atoms with E-state index in [1.54, 1.807) is 36.4 Å². The van der Waals surface area contributed by atoms with Gasteiger partial charge in [0, 0.05) is 10.9 Å². The molecule has 1 aliphatic rings. The fraction of sp³-hybridized carbons (Fsp3) is 0.0741. The Morgan fingerprint density at radius 2 is 1.86 bits per heavy atom. The number of aliphatic hydroxyl groups is 1. The summed E-state index contributed by atoms with van der Waals surface area (Å²) in [6, 6.07) is 18.9. The number of furan rings is 1. The van der Waals surface area contributed by atoms with Crippen LogP contribution in [0.15, 0.2) is 88.5 Å². The molecule has 0 fully saturated rings. The van der Waals surface area contributed by atoms with Crippen molar-refractivity contribution in [2.45, 2.75) is 13.0 Å². The van der Waals surface area contributed by atoms with E-state index in [2.05, 4.69) is 4.98 Å². The van der Waals surface area contributed by atoms with Gasteiger partial charge in [0.05, 0.1) is 15.8 Å². The fourth-order valence-electron chi connectivity index (χ4n) is 4.37. The Morgan fingerprint density at radius 1 is 1.09 bits per heavy atom. The van der Waals surface area contributed by atoms with Crippen molar-refractivity contribution in [1.82, 2.24) is 4.98 Å². The molecule has 1 N–H and O–H groups in total. The van der Waals surface area contributed by atoms with E-state index in [9.17, 15) is 14.7 Å². The van der Waals surface area contributed by atoms with Gasteiger partial charge in [-0.2, -0.15) is 0 Å². The molecule has 1 aliphatic heterocycles. The summed E-state index contributed by atoms with van der Waals surface area (Å²) in [5.74, 6) is -2.94. The molecule has 6 rings (SSSR count). The minimum Gasteiger partial charge on any atom is -0.503 e. The summed E-state index contributed by atoms with van der Waals surface area (Å²) >= 11 is 1.23. The Morgan fingerprint density at radius 3 is 2.66 bits per heavy atom. The van der Waals surface area contributed by atoms with Gasteiger partial charge in [-0.25, -0.2) is 9.37 Å². The second-order valence-corrected chi connectivity index (χ2v) is 9.32. The van der Waals surface area contributed by atoms with E-state index < -0.39 is 29.3 Å². The molecule has 6 nitrogen and oxygen atoms in total. The predicted molar refractivity (Wildman–Crippen MR) is 131 cm³/mol. The largest absolute Gasteiger partial charge is 0.503 e. The lowest BCUT2D eigenvalue weighted by atomic mass is 9.95. The molecule has 0 radical (unpaired) electrons. The van der Waals surface area contributed by atoms with Gasteiger partial charge in [0.25, 0.3) is 5.91 Å². The molecule has 1 amide bonds. The van der Waals surface area contributed by atoms with Crippen LogP contribution in [-0.2, 0) is 4.79 Å². The molecular formula is C27H17FN2O4S. The maximum atomic E-state index is 15.1. The van der Waals surface area contributed by atoms with Crippen LogP contribution in [0, 0.1) is 12.7 Å². The molecule has 0 spiro atoms. The minimum atomic E-state index is -1.22. The normalized spacial score (nSPS) is 16.1. The van der Waals surface area contributed by atoms with Gasteiger partial charge in [0.1, 0.15) is 17.4 Å². The molecule has 172 valence electrons. The average Bonchev–Trinajstić information content (AvgIpc) is 3.53. The van der Waals surface area contributed by atoms with Crippen molar-refractivity contribution in [2.24, 2.45) is 0 Å². The first-order valence-corrected chi connectivity index (χ1v) is 11.7. The van der Waals surface area contributed by atoms with Crippen LogP contribution in [0.25, 0.3) is 21.2 Å². The number of ketones is 1. The maximum absolute atomic E-state index is 15.1. The molecule has 35 heavy (non-hydrogen) atoms. The molecular weight excluding hydrogens is 467 g/mol. The summed E-state index contributed by atoms with van der Waals surface area (Å²) < 4.78 is 21.6. The third-order valence-corrected chi connectivity index (χ3v) is 7.06. The first-order chi connectivity index (χ1) is 16.9. The van der Waals surface area contributed by atoms with Crippen LogP contribution in [0.5, 0.6) is 0 Å². The molecule has 3 heterocycles. The van der Waals surface area contributed by atoms with Crippen molar-refractivity contribution in [3.63, 3.8) is 0 Å². The number of thiazole rings is 1. The van der Waals surface area contributed by atoms with Crippen molar-refractivity contribution in [3.8, 4) is 0 Å². The van der Waals surface area contributed by atoms with Crippen molar-refractivity contribution in [2.75, 3.05) is 4.90 Å². The first kappa shape index (κ1) is 21.2. The SMILES string of the molecule is Cc1ccc2nc(N3C(=O)C(O)=C(C(=O)c4cc5ccccc5o4)[C@H]3c3ccccc3F)sc2c1. The third-order valence-electron chi connectivity index (χ3n) is 6.04. The summed E-state index contributed by atoms with van der Waals surface area (Å²) in [6.45, 7) is 1.94. The number of Topliss-reactive ketones (excluding diaryl/α,β-unsaturated/α-hetero) is 1. The topological polar surface area (TPSA) is 83.6 Å². The lowest BCUT2D eigenvalue weighted by molar-refractivity contribution is -0.117. The van der Waals surface area contributed by atoms with Crippen molar-refractivity contribution in [3.05, 3.63) is 107 Å². The molecule has 0 saturated carbocycles. The zero-order chi connectivity index (χ0) is 24.3. The van der Waals surface area contributed by atoms with Crippen LogP contribution in [0.3, 0.4) is 0 Å². The number of aliphatic hydroxyl groups excluding tert-OH is 1. The highest BCUT2D eigenvalue weighted by molar-refractivity contribution is 7.22. The highest BCUT2D eigenvalue weighted by Gasteiger charge is 2.47. The van der Waals surface area contributed by atoms with Gasteiger partial charge in [-0.3, -0.25) is 14.5 Å². The predicted octanol–water partition coefficient (Wildman–Crippen LogP) is 6.27. The molecule has 0 aliphatic carbocycles. The van der Waals surface area contributed by atoms with Crippen LogP contribution in [0.4, 0.5) is 9.52 Å². The van der Waals surface area contributed by atoms with Gasteiger partial charge < -0.3 is 9.52 Å². The second kappa shape index (κ2) is 7.89. The number of hydrogen-bond donors (Lipinski definition) is 1. The number of para-hydroxylation sites is 1. The number of hydrogen-bond acceptors (Lipinski definition) is 6. The number of rotatable bonds is 4. The number of amides is 1. The fourth-order valence-corrected chi connectivity index (χ4v) is 5.47. The maximum Gasteiger partial charge on any atom is 0.296 e. The van der Waals surface area contributed by atoms with E-state index in [4.69, 9.17) is 4.42 Å². The van der Waals surface area contributed by atoms with Crippen molar-refractivity contribution < 1.29 is 23.5 Å². The minimum absolute atomic E-state index is 0.0522. The molecule has 2 aromatic heterocycles. The zero-order valence-corrected chi connectivity index (χ0v) is 19.2. The summed E-state index contributed by atoms with van der Waals surface area (Å²) in [6.07, 6.45) is 0. The van der Waals surface area contributed by atoms with E-state index in [0.717, 1.165) is 10.3 Å². The standard InChI is InChI=1S/C27H17FN2O4S/c1-14-10-11-18-21(12-14)35-27(29-18)30-23(16-7-3-4-8-17(16)28)22(25(32)26(30)33)24(31)20-13-15-6-2-5-9-19(15)34-20/h2-13,23,32H,1H3/t23-/m1/s1. The van der Waals surface area contributed by atoms with E-state index in [1.807, 2.05) is 25.1 Å². The van der Waals surface area contributed by atoms with Crippen LogP contribution in [0.2, 0.25) is 0 Å². The smallest absolute Gasteiger partial charge is 0.296 e. The number of halogens is 1. The zero-order valence-electron chi connectivity index (χ0n) is 18.4. The number of aryl methyl sites for hydroxylation is 1. The van der Waals surface area contributed by atoms with Crippen LogP contribution in [0.1, 0.15) is 27.7 Å². The summed E-state index contributed by atoms with van der Waals surface area (Å²) in [5.41, 5.74) is 1.98. The van der Waals surface area contributed by atoms with E-state index >= 15 is 4.39 Å². The first-order valence-electron chi connectivity index (χ1n) is 10.8. The Bertz CT molecular complexity index is 1670. The van der Waals surface area contributed by atoms with Crippen molar-refractivity contribution >= 4 is 49.3 Å². The summed E-state index contributed by atoms with van der Waals surface area (Å²) in [7, 11) is 0. The van der Waals surface area contributed by atoms with Gasteiger partial charge in [-0.05, 0) is 42.8 Å². The Hall–Kier alpha value is -4.30. The van der Waals surface area contributed by atoms with E-state index in [1.165, 1.54) is 34.4 Å². The van der Waals surface area contributed by atoms with E-state index in [-0.39, 0.29) is 22.0 Å². The highest BCUT2D eigenvalue weighted by Crippen LogP contribution is 2.45. The van der Waals surface area contributed by atoms with Crippen molar-refractivity contribution in [1.29, 1.82) is 0 Å². The lowest BCUT2D eigenvalue weighted by Crippen LogP contribution is -2.31. The van der Waals surface area contributed by atoms with E-state index in [0.29, 0.717) is 16.5 Å². The molecule has 0 bridgehead atoms. The molecule has 0 saturated heterocycles. The van der Waals surface area contributed by atoms with Gasteiger partial charge in [-0.1, -0.05) is 53.8 Å². The van der Waals surface area contributed by atoms with Crippen LogP contribution in [-0.4, -0.2) is 21.8 Å².